The minimum atomic E-state index is -0.288. The Labute approximate surface area is 276 Å². The van der Waals surface area contributed by atoms with E-state index in [1.807, 2.05) is 0 Å². The van der Waals surface area contributed by atoms with Crippen molar-refractivity contribution in [3.05, 3.63) is 102 Å². The lowest BCUT2D eigenvalue weighted by Crippen LogP contribution is -2.31. The van der Waals surface area contributed by atoms with Gasteiger partial charge in [0.1, 0.15) is 11.4 Å². The molecular weight excluding hydrogens is 564 g/mol. The maximum atomic E-state index is 7.06. The molecule has 5 rings (SSSR count). The predicted molar refractivity (Wildman–Crippen MR) is 192 cm³/mol. The van der Waals surface area contributed by atoms with Gasteiger partial charge in [0.15, 0.2) is 0 Å². The second kappa shape index (κ2) is 13.3. The van der Waals surface area contributed by atoms with Crippen LogP contribution in [0.15, 0.2) is 95.4 Å². The third-order valence-electron chi connectivity index (χ3n) is 10.1. The Hall–Kier alpha value is -4.18. The topological polar surface area (TPSA) is 48.2 Å². The van der Waals surface area contributed by atoms with Gasteiger partial charge in [-0.3, -0.25) is 0 Å². The molecule has 1 heterocycles. The molecule has 46 heavy (non-hydrogen) atoms. The molecule has 0 fully saturated rings. The number of hydrogen-bond acceptors (Lipinski definition) is 4. The van der Waals surface area contributed by atoms with Crippen molar-refractivity contribution in [2.75, 3.05) is 0 Å². The molecule has 5 aromatic rings. The van der Waals surface area contributed by atoms with E-state index >= 15 is 0 Å². The molecule has 0 N–H and O–H groups in total. The molecule has 0 atom stereocenters. The second-order valence-electron chi connectivity index (χ2n) is 14.1. The van der Waals surface area contributed by atoms with Gasteiger partial charge in [-0.1, -0.05) is 110 Å². The van der Waals surface area contributed by atoms with Crippen molar-refractivity contribution in [3.8, 4) is 50.9 Å². The summed E-state index contributed by atoms with van der Waals surface area (Å²) in [6.45, 7) is 20.2. The zero-order valence-corrected chi connectivity index (χ0v) is 29.2. The quantitative estimate of drug-likeness (QED) is 0.148. The van der Waals surface area contributed by atoms with E-state index in [4.69, 9.17) is 9.15 Å². The maximum Gasteiger partial charge on any atom is 0.248 e. The fourth-order valence-electron chi connectivity index (χ4n) is 5.79. The Kier molecular flexibility index (Phi) is 9.58. The highest BCUT2D eigenvalue weighted by atomic mass is 16.5. The Bertz CT molecular complexity index is 1730. The second-order valence-corrected chi connectivity index (χ2v) is 14.1. The number of nitrogens with zero attached hydrogens (tertiary/aromatic N) is 2. The summed E-state index contributed by atoms with van der Waals surface area (Å²) in [5.74, 6) is 1.96. The average molecular weight is 615 g/mol. The molecule has 4 nitrogen and oxygen atoms in total. The summed E-state index contributed by atoms with van der Waals surface area (Å²) in [5.41, 5.74) is 8.74. The standard InChI is InChI=1S/C42H50N2O2/c1-10-41(8,11-2)34-27-35(29-17-15-14-16-18-29)37(46-42(9,12-3)13-4)36(28-34)30-19-21-31(22-20-30)38-43-44-39(45-38)32-23-25-33(26-24-32)40(5,6)7/h14-28H,10-13H2,1-9H3. The number of benzene rings is 4. The third-order valence-corrected chi connectivity index (χ3v) is 10.1. The van der Waals surface area contributed by atoms with E-state index < -0.39 is 0 Å². The van der Waals surface area contributed by atoms with Crippen LogP contribution in [0.1, 0.15) is 99.1 Å². The van der Waals surface area contributed by atoms with Gasteiger partial charge in [0.2, 0.25) is 11.8 Å². The fourth-order valence-corrected chi connectivity index (χ4v) is 5.79. The summed E-state index contributed by atoms with van der Waals surface area (Å²) < 4.78 is 13.2. The van der Waals surface area contributed by atoms with Gasteiger partial charge < -0.3 is 9.15 Å². The molecule has 1 aromatic heterocycles. The van der Waals surface area contributed by atoms with Crippen LogP contribution in [0.4, 0.5) is 0 Å². The van der Waals surface area contributed by atoms with Crippen molar-refractivity contribution >= 4 is 0 Å². The Morgan fingerprint density at radius 1 is 0.543 bits per heavy atom. The van der Waals surface area contributed by atoms with E-state index in [0.717, 1.165) is 64.8 Å². The van der Waals surface area contributed by atoms with Crippen LogP contribution < -0.4 is 4.74 Å². The van der Waals surface area contributed by atoms with E-state index in [0.29, 0.717) is 11.8 Å². The van der Waals surface area contributed by atoms with Crippen LogP contribution in [0.2, 0.25) is 0 Å². The smallest absolute Gasteiger partial charge is 0.248 e. The van der Waals surface area contributed by atoms with E-state index in [9.17, 15) is 0 Å². The zero-order valence-electron chi connectivity index (χ0n) is 29.2. The zero-order chi connectivity index (χ0) is 33.1. The van der Waals surface area contributed by atoms with Gasteiger partial charge in [-0.25, -0.2) is 0 Å². The Morgan fingerprint density at radius 3 is 1.46 bits per heavy atom. The molecule has 0 aliphatic rings. The summed E-state index contributed by atoms with van der Waals surface area (Å²) in [4.78, 5) is 0. The summed E-state index contributed by atoms with van der Waals surface area (Å²) in [6, 6.07) is 32.2. The molecular formula is C42H50N2O2. The van der Waals surface area contributed by atoms with Crippen LogP contribution in [-0.2, 0) is 10.8 Å². The van der Waals surface area contributed by atoms with Crippen LogP contribution >= 0.6 is 0 Å². The van der Waals surface area contributed by atoms with E-state index in [2.05, 4.69) is 164 Å². The van der Waals surface area contributed by atoms with Crippen molar-refractivity contribution in [1.29, 1.82) is 0 Å². The fraction of sp³-hybridized carbons (Fsp3) is 0.381. The van der Waals surface area contributed by atoms with E-state index in [-0.39, 0.29) is 16.4 Å². The van der Waals surface area contributed by atoms with Crippen molar-refractivity contribution in [2.24, 2.45) is 0 Å². The van der Waals surface area contributed by atoms with Crippen molar-refractivity contribution < 1.29 is 9.15 Å². The average Bonchev–Trinajstić information content (AvgIpc) is 3.58. The largest absolute Gasteiger partial charge is 0.486 e. The van der Waals surface area contributed by atoms with Crippen molar-refractivity contribution in [2.45, 2.75) is 104 Å². The number of rotatable bonds is 11. The summed E-state index contributed by atoms with van der Waals surface area (Å²) >= 11 is 0. The summed E-state index contributed by atoms with van der Waals surface area (Å²) in [7, 11) is 0. The molecule has 0 bridgehead atoms. The Balaban J connectivity index is 1.60. The number of ether oxygens (including phenoxy) is 1. The number of aromatic nitrogens is 2. The highest BCUT2D eigenvalue weighted by Gasteiger charge is 2.30. The first-order valence-electron chi connectivity index (χ1n) is 16.9. The molecule has 0 unspecified atom stereocenters. The first kappa shape index (κ1) is 33.2. The van der Waals surface area contributed by atoms with Crippen molar-refractivity contribution in [1.82, 2.24) is 10.2 Å². The van der Waals surface area contributed by atoms with Crippen LogP contribution in [-0.4, -0.2) is 15.8 Å². The molecule has 240 valence electrons. The monoisotopic (exact) mass is 614 g/mol. The van der Waals surface area contributed by atoms with Gasteiger partial charge in [-0.15, -0.1) is 10.2 Å². The Morgan fingerprint density at radius 2 is 1.00 bits per heavy atom. The minimum Gasteiger partial charge on any atom is -0.486 e. The molecule has 0 saturated heterocycles. The third kappa shape index (κ3) is 6.82. The lowest BCUT2D eigenvalue weighted by Gasteiger charge is -2.34. The van der Waals surface area contributed by atoms with Crippen LogP contribution in [0.25, 0.3) is 45.2 Å². The predicted octanol–water partition coefficient (Wildman–Crippen LogP) is 12.1. The molecule has 0 spiro atoms. The van der Waals surface area contributed by atoms with Crippen LogP contribution in [0.3, 0.4) is 0 Å². The summed E-state index contributed by atoms with van der Waals surface area (Å²) in [5, 5.41) is 8.78. The lowest BCUT2D eigenvalue weighted by molar-refractivity contribution is 0.0816. The highest BCUT2D eigenvalue weighted by molar-refractivity contribution is 5.84. The highest BCUT2D eigenvalue weighted by Crippen LogP contribution is 2.46. The van der Waals surface area contributed by atoms with Gasteiger partial charge in [-0.2, -0.15) is 0 Å². The first-order valence-corrected chi connectivity index (χ1v) is 16.9. The van der Waals surface area contributed by atoms with Crippen LogP contribution in [0, 0.1) is 0 Å². The van der Waals surface area contributed by atoms with Gasteiger partial charge >= 0.3 is 0 Å². The van der Waals surface area contributed by atoms with E-state index in [1.165, 1.54) is 11.1 Å². The van der Waals surface area contributed by atoms with E-state index in [1.54, 1.807) is 0 Å². The van der Waals surface area contributed by atoms with Gasteiger partial charge in [-0.05, 0) is 102 Å². The molecule has 0 radical (unpaired) electrons. The SMILES string of the molecule is CCC(C)(CC)Oc1c(-c2ccccc2)cc(C(C)(CC)CC)cc1-c1ccc(-c2nnc(-c3ccc(C(C)(C)C)cc3)o2)cc1. The molecule has 4 heteroatoms. The van der Waals surface area contributed by atoms with Gasteiger partial charge in [0.25, 0.3) is 0 Å². The normalized spacial score (nSPS) is 12.4. The molecule has 0 amide bonds. The first-order chi connectivity index (χ1) is 21.9. The van der Waals surface area contributed by atoms with Gasteiger partial charge in [0.05, 0.1) is 0 Å². The maximum absolute atomic E-state index is 7.06. The molecule has 0 aliphatic heterocycles. The lowest BCUT2D eigenvalue weighted by atomic mass is 9.75. The van der Waals surface area contributed by atoms with Crippen LogP contribution in [0.5, 0.6) is 5.75 Å². The molecule has 4 aromatic carbocycles. The molecule has 0 saturated carbocycles. The number of hydrogen-bond donors (Lipinski definition) is 0. The van der Waals surface area contributed by atoms with Crippen molar-refractivity contribution in [3.63, 3.8) is 0 Å². The van der Waals surface area contributed by atoms with Gasteiger partial charge in [0, 0.05) is 22.3 Å². The summed E-state index contributed by atoms with van der Waals surface area (Å²) in [6.07, 6.45) is 3.93. The molecule has 0 aliphatic carbocycles. The minimum absolute atomic E-state index is 0.0425.